The van der Waals surface area contributed by atoms with E-state index in [2.05, 4.69) is 20.4 Å². The summed E-state index contributed by atoms with van der Waals surface area (Å²) in [4.78, 5) is 15.8. The second kappa shape index (κ2) is 8.93. The highest BCUT2D eigenvalue weighted by Crippen LogP contribution is 2.20. The minimum Gasteiger partial charge on any atom is -0.375 e. The van der Waals surface area contributed by atoms with Gasteiger partial charge in [-0.1, -0.05) is 6.92 Å². The van der Waals surface area contributed by atoms with Crippen LogP contribution in [0.4, 0.5) is 13.9 Å². The molecule has 2 N–H and O–H groups in total. The molecule has 20 heavy (non-hydrogen) atoms. The fourth-order valence-corrected chi connectivity index (χ4v) is 2.29. The maximum absolute atomic E-state index is 11.8. The molecule has 1 rings (SSSR count). The number of alkyl halides is 2. The molecular formula is C12H19F2N3O2S. The van der Waals surface area contributed by atoms with E-state index in [0.29, 0.717) is 5.13 Å². The fourth-order valence-electron chi connectivity index (χ4n) is 1.47. The highest BCUT2D eigenvalue weighted by molar-refractivity contribution is 7.13. The van der Waals surface area contributed by atoms with Gasteiger partial charge in [0, 0.05) is 11.4 Å². The first-order valence-electron chi connectivity index (χ1n) is 6.37. The van der Waals surface area contributed by atoms with Crippen LogP contribution in [0.2, 0.25) is 0 Å². The molecule has 5 nitrogen and oxygen atoms in total. The molecule has 0 aliphatic heterocycles. The third kappa shape index (κ3) is 6.36. The molecule has 0 aliphatic carbocycles. The van der Waals surface area contributed by atoms with Gasteiger partial charge in [-0.05, 0) is 13.5 Å². The van der Waals surface area contributed by atoms with Gasteiger partial charge in [-0.3, -0.25) is 4.79 Å². The molecule has 1 aromatic rings. The van der Waals surface area contributed by atoms with E-state index in [-0.39, 0.29) is 25.0 Å². The van der Waals surface area contributed by atoms with Gasteiger partial charge < -0.3 is 15.4 Å². The summed E-state index contributed by atoms with van der Waals surface area (Å²) >= 11 is 1.33. The molecule has 0 aliphatic rings. The summed E-state index contributed by atoms with van der Waals surface area (Å²) in [7, 11) is 0. The van der Waals surface area contributed by atoms with E-state index in [0.717, 1.165) is 12.2 Å². The molecule has 1 amide bonds. The first kappa shape index (κ1) is 16.9. The Labute approximate surface area is 120 Å². The predicted molar refractivity (Wildman–Crippen MR) is 74.3 cm³/mol. The number of anilines is 1. The number of hydrogen-bond acceptors (Lipinski definition) is 5. The van der Waals surface area contributed by atoms with Crippen LogP contribution >= 0.6 is 11.3 Å². The van der Waals surface area contributed by atoms with Gasteiger partial charge in [0.2, 0.25) is 5.91 Å². The quantitative estimate of drug-likeness (QED) is 0.688. The number of nitrogens with zero attached hydrogens (tertiary/aromatic N) is 1. The average Bonchev–Trinajstić information content (AvgIpc) is 2.83. The van der Waals surface area contributed by atoms with Crippen molar-refractivity contribution in [3.05, 3.63) is 11.1 Å². The molecule has 0 saturated heterocycles. The Morgan fingerprint density at radius 1 is 1.55 bits per heavy atom. The van der Waals surface area contributed by atoms with Gasteiger partial charge in [-0.15, -0.1) is 11.3 Å². The molecule has 1 aromatic heterocycles. The van der Waals surface area contributed by atoms with Crippen molar-refractivity contribution in [2.75, 3.05) is 25.1 Å². The van der Waals surface area contributed by atoms with Gasteiger partial charge in [0.15, 0.2) is 5.13 Å². The third-order valence-electron chi connectivity index (χ3n) is 2.44. The van der Waals surface area contributed by atoms with Crippen LogP contribution < -0.4 is 10.6 Å². The van der Waals surface area contributed by atoms with Crippen LogP contribution in [-0.4, -0.2) is 37.1 Å². The largest absolute Gasteiger partial charge is 0.375 e. The lowest BCUT2D eigenvalue weighted by Crippen LogP contribution is -2.18. The molecule has 0 radical (unpaired) electrons. The van der Waals surface area contributed by atoms with E-state index in [4.69, 9.17) is 0 Å². The van der Waals surface area contributed by atoms with Crippen LogP contribution in [0.5, 0.6) is 0 Å². The minimum absolute atomic E-state index is 0.0256. The Morgan fingerprint density at radius 2 is 2.30 bits per heavy atom. The SMILES string of the molecule is CCNC(C)c1csc(NC(=O)CCOCC(F)F)n1. The third-order valence-corrected chi connectivity index (χ3v) is 3.22. The summed E-state index contributed by atoms with van der Waals surface area (Å²) < 4.78 is 28.3. The molecule has 0 bridgehead atoms. The molecule has 8 heteroatoms. The number of carbonyl (C=O) groups is 1. The van der Waals surface area contributed by atoms with Gasteiger partial charge >= 0.3 is 0 Å². The van der Waals surface area contributed by atoms with Crippen LogP contribution in [0.25, 0.3) is 0 Å². The molecular weight excluding hydrogens is 288 g/mol. The predicted octanol–water partition coefficient (Wildman–Crippen LogP) is 2.42. The van der Waals surface area contributed by atoms with E-state index in [9.17, 15) is 13.6 Å². The van der Waals surface area contributed by atoms with Gasteiger partial charge in [-0.2, -0.15) is 0 Å². The average molecular weight is 307 g/mol. The smallest absolute Gasteiger partial charge is 0.261 e. The van der Waals surface area contributed by atoms with Gasteiger partial charge in [-0.25, -0.2) is 13.8 Å². The number of aromatic nitrogens is 1. The van der Waals surface area contributed by atoms with Crippen molar-refractivity contribution in [1.82, 2.24) is 10.3 Å². The molecule has 1 heterocycles. The first-order valence-corrected chi connectivity index (χ1v) is 7.25. The maximum atomic E-state index is 11.8. The Kier molecular flexibility index (Phi) is 7.56. The summed E-state index contributed by atoms with van der Waals surface area (Å²) in [6.45, 7) is 4.16. The van der Waals surface area contributed by atoms with Crippen LogP contribution in [0, 0.1) is 0 Å². The number of thiazole rings is 1. The Bertz CT molecular complexity index is 415. The minimum atomic E-state index is -2.51. The Morgan fingerprint density at radius 3 is 2.95 bits per heavy atom. The first-order chi connectivity index (χ1) is 9.52. The van der Waals surface area contributed by atoms with Crippen LogP contribution in [0.3, 0.4) is 0 Å². The zero-order chi connectivity index (χ0) is 15.0. The van der Waals surface area contributed by atoms with Crippen LogP contribution in [-0.2, 0) is 9.53 Å². The Balaban J connectivity index is 2.31. The zero-order valence-corrected chi connectivity index (χ0v) is 12.3. The standard InChI is InChI=1S/C12H19F2N3O2S/c1-3-15-8(2)9-7-20-12(16-9)17-11(18)4-5-19-6-10(13)14/h7-8,10,15H,3-6H2,1-2H3,(H,16,17,18). The second-order valence-corrected chi connectivity index (χ2v) is 4.98. The van der Waals surface area contributed by atoms with E-state index in [1.807, 2.05) is 19.2 Å². The lowest BCUT2D eigenvalue weighted by Gasteiger charge is -2.08. The molecule has 0 aromatic carbocycles. The molecule has 0 fully saturated rings. The molecule has 1 atom stereocenters. The van der Waals surface area contributed by atoms with E-state index >= 15 is 0 Å². The highest BCUT2D eigenvalue weighted by Gasteiger charge is 2.11. The molecule has 1 unspecified atom stereocenters. The van der Waals surface area contributed by atoms with Crippen LogP contribution in [0.15, 0.2) is 5.38 Å². The number of hydrogen-bond donors (Lipinski definition) is 2. The zero-order valence-electron chi connectivity index (χ0n) is 11.5. The summed E-state index contributed by atoms with van der Waals surface area (Å²) in [5, 5.41) is 8.22. The summed E-state index contributed by atoms with van der Waals surface area (Å²) in [5.74, 6) is -0.295. The summed E-state index contributed by atoms with van der Waals surface area (Å²) in [6, 6.07) is 0.122. The van der Waals surface area contributed by atoms with Gasteiger partial charge in [0.05, 0.1) is 18.7 Å². The van der Waals surface area contributed by atoms with Crippen molar-refractivity contribution < 1.29 is 18.3 Å². The number of ether oxygens (including phenoxy) is 1. The van der Waals surface area contributed by atoms with E-state index in [1.54, 1.807) is 0 Å². The summed E-state index contributed by atoms with van der Waals surface area (Å²) in [6.07, 6.45) is -2.48. The number of halogens is 2. The maximum Gasteiger partial charge on any atom is 0.261 e. The number of amides is 1. The lowest BCUT2D eigenvalue weighted by atomic mass is 10.3. The summed E-state index contributed by atoms with van der Waals surface area (Å²) in [5.41, 5.74) is 0.862. The van der Waals surface area contributed by atoms with Crippen molar-refractivity contribution in [3.63, 3.8) is 0 Å². The van der Waals surface area contributed by atoms with E-state index < -0.39 is 13.0 Å². The van der Waals surface area contributed by atoms with Gasteiger partial charge in [0.25, 0.3) is 6.43 Å². The van der Waals surface area contributed by atoms with Crippen molar-refractivity contribution in [2.45, 2.75) is 32.7 Å². The number of nitrogens with one attached hydrogen (secondary N) is 2. The highest BCUT2D eigenvalue weighted by atomic mass is 32.1. The molecule has 0 spiro atoms. The normalized spacial score (nSPS) is 12.7. The fraction of sp³-hybridized carbons (Fsp3) is 0.667. The number of rotatable bonds is 9. The van der Waals surface area contributed by atoms with Crippen molar-refractivity contribution in [3.8, 4) is 0 Å². The lowest BCUT2D eigenvalue weighted by molar-refractivity contribution is -0.117. The van der Waals surface area contributed by atoms with E-state index in [1.165, 1.54) is 11.3 Å². The number of carbonyl (C=O) groups excluding carboxylic acids is 1. The Hall–Kier alpha value is -1.12. The molecule has 114 valence electrons. The van der Waals surface area contributed by atoms with Crippen molar-refractivity contribution in [2.24, 2.45) is 0 Å². The topological polar surface area (TPSA) is 63.2 Å². The van der Waals surface area contributed by atoms with Gasteiger partial charge in [0.1, 0.15) is 6.61 Å². The van der Waals surface area contributed by atoms with Crippen LogP contribution in [0.1, 0.15) is 32.0 Å². The monoisotopic (exact) mass is 307 g/mol. The van der Waals surface area contributed by atoms with Crippen molar-refractivity contribution in [1.29, 1.82) is 0 Å². The molecule has 0 saturated carbocycles. The van der Waals surface area contributed by atoms with Crippen molar-refractivity contribution >= 4 is 22.4 Å². The second-order valence-electron chi connectivity index (χ2n) is 4.12.